The Hall–Kier alpha value is -5.92. The Bertz CT molecular complexity index is 2020. The number of primary amides is 1. The van der Waals surface area contributed by atoms with Crippen molar-refractivity contribution >= 4 is 24.1 Å². The molecule has 2 aromatic heterocycles. The van der Waals surface area contributed by atoms with Gasteiger partial charge in [0.2, 0.25) is 5.91 Å². The van der Waals surface area contributed by atoms with Crippen LogP contribution in [0.15, 0.2) is 73.1 Å². The highest BCUT2D eigenvalue weighted by atomic mass is 16.6. The van der Waals surface area contributed by atoms with Crippen molar-refractivity contribution in [2.45, 2.75) is 89.6 Å². The molecule has 4 aliphatic heterocycles. The van der Waals surface area contributed by atoms with Crippen molar-refractivity contribution < 1.29 is 43.2 Å². The van der Waals surface area contributed by atoms with Crippen molar-refractivity contribution in [1.29, 1.82) is 0 Å². The standard InChI is InChI=1S/C21H25N3O4.C21H24N2O5/c1-20(2,3)28-19(26)23-11-8-21(9-12-23)17-5-4-10-24(17)15-7-6-14(18(22)25)13-16(15)27-21;1-20(2,3)28-19(26)22-11-8-21(9-12-22)17-5-4-10-23(17)15-7-6-14(18(24)25)13-16(15)27-21/h4-7,10,13H,8-9,11-12H2,1-3H3,(H2,22,25);4-7,10,13H,8-9,11-12H2,1-3H3,(H,24,25). The summed E-state index contributed by atoms with van der Waals surface area (Å²) in [7, 11) is 0. The predicted octanol–water partition coefficient (Wildman–Crippen LogP) is 6.99. The Kier molecular flexibility index (Phi) is 9.58. The van der Waals surface area contributed by atoms with Gasteiger partial charge in [0.25, 0.3) is 0 Å². The van der Waals surface area contributed by atoms with Crippen LogP contribution in [-0.4, -0.2) is 85.5 Å². The molecule has 6 heterocycles. The Labute approximate surface area is 325 Å². The third-order valence-electron chi connectivity index (χ3n) is 10.5. The number of carbonyl (C=O) groups is 4. The maximum atomic E-state index is 12.4. The predicted molar refractivity (Wildman–Crippen MR) is 206 cm³/mol. The molecule has 2 aromatic carbocycles. The highest BCUT2D eigenvalue weighted by Gasteiger charge is 2.47. The van der Waals surface area contributed by atoms with Crippen LogP contribution in [0.3, 0.4) is 0 Å². The summed E-state index contributed by atoms with van der Waals surface area (Å²) in [6.07, 6.45) is 5.81. The largest absolute Gasteiger partial charge is 0.479 e. The van der Waals surface area contributed by atoms with Crippen LogP contribution >= 0.6 is 0 Å². The molecule has 3 amide bonds. The number of benzene rings is 2. The lowest BCUT2D eigenvalue weighted by atomic mass is 9.86. The van der Waals surface area contributed by atoms with E-state index < -0.39 is 34.3 Å². The second-order valence-corrected chi connectivity index (χ2v) is 16.7. The van der Waals surface area contributed by atoms with Crippen LogP contribution in [-0.2, 0) is 20.7 Å². The first-order valence-electron chi connectivity index (χ1n) is 18.9. The first-order valence-corrected chi connectivity index (χ1v) is 18.9. The van der Waals surface area contributed by atoms with Gasteiger partial charge in [-0.15, -0.1) is 0 Å². The van der Waals surface area contributed by atoms with Gasteiger partial charge in [-0.1, -0.05) is 0 Å². The first kappa shape index (κ1) is 38.4. The van der Waals surface area contributed by atoms with Gasteiger partial charge < -0.3 is 48.7 Å². The summed E-state index contributed by atoms with van der Waals surface area (Å²) in [4.78, 5) is 51.2. The van der Waals surface area contributed by atoms with E-state index in [0.29, 0.717) is 68.9 Å². The molecule has 2 spiro atoms. The minimum atomic E-state index is -0.988. The van der Waals surface area contributed by atoms with E-state index in [9.17, 15) is 24.3 Å². The Morgan fingerprint density at radius 2 is 1.04 bits per heavy atom. The van der Waals surface area contributed by atoms with Crippen molar-refractivity contribution in [3.63, 3.8) is 0 Å². The van der Waals surface area contributed by atoms with E-state index in [4.69, 9.17) is 24.7 Å². The number of piperidine rings is 2. The van der Waals surface area contributed by atoms with Gasteiger partial charge in [0.1, 0.15) is 22.7 Å². The number of carbonyl (C=O) groups excluding carboxylic acids is 3. The Balaban J connectivity index is 0.000000172. The number of rotatable bonds is 2. The number of amides is 3. The molecular weight excluding hydrogens is 718 g/mol. The molecule has 4 aliphatic rings. The molecule has 14 nitrogen and oxygen atoms in total. The lowest BCUT2D eigenvalue weighted by molar-refractivity contribution is -0.0277. The molecule has 0 unspecified atom stereocenters. The van der Waals surface area contributed by atoms with Crippen molar-refractivity contribution in [3.8, 4) is 22.9 Å². The summed E-state index contributed by atoms with van der Waals surface area (Å²) in [6.45, 7) is 13.2. The molecular formula is C42H49N5O9. The van der Waals surface area contributed by atoms with Crippen molar-refractivity contribution in [3.05, 3.63) is 95.6 Å². The van der Waals surface area contributed by atoms with E-state index in [-0.39, 0.29) is 17.7 Å². The zero-order chi connectivity index (χ0) is 40.2. The van der Waals surface area contributed by atoms with Crippen LogP contribution in [0.1, 0.15) is 99.3 Å². The molecule has 3 N–H and O–H groups in total. The number of hydrogen-bond donors (Lipinski definition) is 2. The fourth-order valence-corrected chi connectivity index (χ4v) is 7.80. The molecule has 0 saturated carbocycles. The van der Waals surface area contributed by atoms with Crippen LogP contribution in [0.2, 0.25) is 0 Å². The quantitative estimate of drug-likeness (QED) is 0.219. The number of aromatic nitrogens is 2. The van der Waals surface area contributed by atoms with Gasteiger partial charge in [-0.25, -0.2) is 14.4 Å². The number of aromatic carboxylic acids is 1. The van der Waals surface area contributed by atoms with Gasteiger partial charge in [-0.05, 0) is 102 Å². The van der Waals surface area contributed by atoms with E-state index >= 15 is 0 Å². The van der Waals surface area contributed by atoms with E-state index in [1.807, 2.05) is 88.8 Å². The average Bonchev–Trinajstić information content (AvgIpc) is 3.83. The Morgan fingerprint density at radius 3 is 1.41 bits per heavy atom. The number of carboxylic acids is 1. The van der Waals surface area contributed by atoms with E-state index in [0.717, 1.165) is 22.8 Å². The van der Waals surface area contributed by atoms with Crippen LogP contribution in [0.5, 0.6) is 11.5 Å². The molecule has 0 bridgehead atoms. The summed E-state index contributed by atoms with van der Waals surface area (Å²) in [5, 5.41) is 9.31. The molecule has 0 aliphatic carbocycles. The maximum absolute atomic E-state index is 12.4. The van der Waals surface area contributed by atoms with Crippen LogP contribution in [0, 0.1) is 0 Å². The van der Waals surface area contributed by atoms with Crippen molar-refractivity contribution in [2.24, 2.45) is 5.73 Å². The second-order valence-electron chi connectivity index (χ2n) is 16.7. The lowest BCUT2D eigenvalue weighted by Gasteiger charge is -2.45. The third kappa shape index (κ3) is 7.39. The monoisotopic (exact) mass is 767 g/mol. The minimum absolute atomic E-state index is 0.190. The maximum Gasteiger partial charge on any atom is 0.410 e. The summed E-state index contributed by atoms with van der Waals surface area (Å²) in [6, 6.07) is 18.2. The van der Waals surface area contributed by atoms with Crippen LogP contribution in [0.4, 0.5) is 9.59 Å². The highest BCUT2D eigenvalue weighted by Crippen LogP contribution is 2.47. The number of nitrogens with two attached hydrogens (primary N) is 1. The third-order valence-corrected chi connectivity index (χ3v) is 10.5. The number of likely N-dealkylation sites (tertiary alicyclic amines) is 2. The number of hydrogen-bond acceptors (Lipinski definition) is 8. The summed E-state index contributed by atoms with van der Waals surface area (Å²) in [5.74, 6) is -0.294. The first-order chi connectivity index (χ1) is 26.4. The fourth-order valence-electron chi connectivity index (χ4n) is 7.80. The molecule has 8 rings (SSSR count). The van der Waals surface area contributed by atoms with Crippen LogP contribution in [0.25, 0.3) is 11.4 Å². The Morgan fingerprint density at radius 1 is 0.643 bits per heavy atom. The van der Waals surface area contributed by atoms with Gasteiger partial charge >= 0.3 is 18.2 Å². The second kappa shape index (κ2) is 14.0. The molecule has 56 heavy (non-hydrogen) atoms. The van der Waals surface area contributed by atoms with Gasteiger partial charge in [-0.3, -0.25) is 4.79 Å². The number of ether oxygens (including phenoxy) is 4. The SMILES string of the molecule is CC(C)(C)OC(=O)N1CCC2(CC1)Oc1cc(C(=O)O)ccc1-n1cccc12.CC(C)(C)OC(=O)N1CCC2(CC1)Oc1cc(C(N)=O)ccc1-n1cccc12. The van der Waals surface area contributed by atoms with Crippen molar-refractivity contribution in [1.82, 2.24) is 18.9 Å². The van der Waals surface area contributed by atoms with E-state index in [1.165, 1.54) is 0 Å². The molecule has 2 fully saturated rings. The molecule has 2 saturated heterocycles. The van der Waals surface area contributed by atoms with Gasteiger partial charge in [0, 0.05) is 69.8 Å². The smallest absolute Gasteiger partial charge is 0.410 e. The molecule has 296 valence electrons. The van der Waals surface area contributed by atoms with Crippen molar-refractivity contribution in [2.75, 3.05) is 26.2 Å². The fraction of sp³-hybridized carbons (Fsp3) is 0.429. The summed E-state index contributed by atoms with van der Waals surface area (Å²) in [5.41, 5.74) is 7.62. The van der Waals surface area contributed by atoms with E-state index in [2.05, 4.69) is 4.57 Å². The van der Waals surface area contributed by atoms with Gasteiger partial charge in [-0.2, -0.15) is 0 Å². The highest BCUT2D eigenvalue weighted by molar-refractivity contribution is 5.93. The number of fused-ring (bicyclic) bond motifs is 8. The average molecular weight is 768 g/mol. The van der Waals surface area contributed by atoms with Gasteiger partial charge in [0.15, 0.2) is 11.2 Å². The van der Waals surface area contributed by atoms with Gasteiger partial charge in [0.05, 0.1) is 28.3 Å². The molecule has 14 heteroatoms. The lowest BCUT2D eigenvalue weighted by Crippen LogP contribution is -2.50. The molecule has 0 atom stereocenters. The summed E-state index contributed by atoms with van der Waals surface area (Å²) < 4.78 is 28.0. The number of carboxylic acid groups (broad SMARTS) is 1. The number of nitrogens with zero attached hydrogens (tertiary/aromatic N) is 4. The topological polar surface area (TPSA) is 168 Å². The van der Waals surface area contributed by atoms with Crippen LogP contribution < -0.4 is 15.2 Å². The van der Waals surface area contributed by atoms with E-state index in [1.54, 1.807) is 40.1 Å². The summed E-state index contributed by atoms with van der Waals surface area (Å²) >= 11 is 0. The molecule has 0 radical (unpaired) electrons. The zero-order valence-corrected chi connectivity index (χ0v) is 32.7. The zero-order valence-electron chi connectivity index (χ0n) is 32.7. The minimum Gasteiger partial charge on any atom is -0.479 e. The molecule has 4 aromatic rings. The normalized spacial score (nSPS) is 17.5.